The van der Waals surface area contributed by atoms with Gasteiger partial charge in [0, 0.05) is 19.5 Å². The second kappa shape index (κ2) is 6.74. The van der Waals surface area contributed by atoms with Gasteiger partial charge < -0.3 is 10.6 Å². The van der Waals surface area contributed by atoms with E-state index in [4.69, 9.17) is 5.73 Å². The lowest BCUT2D eigenvalue weighted by molar-refractivity contribution is -0.134. The number of rotatable bonds is 4. The summed E-state index contributed by atoms with van der Waals surface area (Å²) in [4.78, 5) is 14.3. The molecule has 2 rings (SSSR count). The van der Waals surface area contributed by atoms with Gasteiger partial charge in [0.2, 0.25) is 5.91 Å². The van der Waals surface area contributed by atoms with Crippen molar-refractivity contribution in [3.05, 3.63) is 0 Å². The molecule has 3 nitrogen and oxygen atoms in total. The summed E-state index contributed by atoms with van der Waals surface area (Å²) in [5.74, 6) is 0.824. The lowest BCUT2D eigenvalue weighted by Gasteiger charge is -2.44. The van der Waals surface area contributed by atoms with Gasteiger partial charge in [-0.05, 0) is 50.0 Å². The minimum atomic E-state index is 0.353. The number of piperidine rings is 1. The van der Waals surface area contributed by atoms with Crippen LogP contribution < -0.4 is 5.73 Å². The summed E-state index contributed by atoms with van der Waals surface area (Å²) in [6.07, 6.45) is 11.1. The van der Waals surface area contributed by atoms with Crippen LogP contribution in [0.3, 0.4) is 0 Å². The highest BCUT2D eigenvalue weighted by atomic mass is 16.2. The van der Waals surface area contributed by atoms with Crippen molar-refractivity contribution in [3.63, 3.8) is 0 Å². The van der Waals surface area contributed by atoms with Crippen LogP contribution >= 0.6 is 0 Å². The summed E-state index contributed by atoms with van der Waals surface area (Å²) in [6.45, 7) is 4.81. The van der Waals surface area contributed by atoms with E-state index in [1.54, 1.807) is 0 Å². The Morgan fingerprint density at radius 3 is 2.37 bits per heavy atom. The van der Waals surface area contributed by atoms with E-state index in [1.807, 2.05) is 0 Å². The van der Waals surface area contributed by atoms with E-state index in [-0.39, 0.29) is 0 Å². The molecule has 19 heavy (non-hydrogen) atoms. The third-order valence-corrected chi connectivity index (χ3v) is 5.34. The number of nitrogens with zero attached hydrogens (tertiary/aromatic N) is 1. The Morgan fingerprint density at radius 2 is 1.79 bits per heavy atom. The lowest BCUT2D eigenvalue weighted by atomic mass is 9.68. The van der Waals surface area contributed by atoms with Gasteiger partial charge in [0.25, 0.3) is 0 Å². The summed E-state index contributed by atoms with van der Waals surface area (Å²) in [7, 11) is 0. The first-order valence-electron chi connectivity index (χ1n) is 8.13. The average Bonchev–Trinajstić information content (AvgIpc) is 2.46. The van der Waals surface area contributed by atoms with Crippen molar-refractivity contribution in [3.8, 4) is 0 Å². The van der Waals surface area contributed by atoms with Gasteiger partial charge in [0.05, 0.1) is 0 Å². The Bertz CT molecular complexity index is 287. The van der Waals surface area contributed by atoms with Crippen molar-refractivity contribution in [2.24, 2.45) is 17.1 Å². The SMILES string of the molecule is CC(CN)CCC(=O)N1CCC2(CCCCC2)CC1. The smallest absolute Gasteiger partial charge is 0.222 e. The zero-order valence-electron chi connectivity index (χ0n) is 12.5. The Hall–Kier alpha value is -0.570. The molecule has 1 unspecified atom stereocenters. The molecule has 0 aromatic carbocycles. The average molecular weight is 266 g/mol. The number of carbonyl (C=O) groups is 1. The van der Waals surface area contributed by atoms with E-state index >= 15 is 0 Å². The van der Waals surface area contributed by atoms with Crippen molar-refractivity contribution < 1.29 is 4.79 Å². The van der Waals surface area contributed by atoms with Crippen LogP contribution in [0.4, 0.5) is 0 Å². The second-order valence-corrected chi connectivity index (χ2v) is 6.82. The molecule has 0 aromatic rings. The topological polar surface area (TPSA) is 46.3 Å². The Kier molecular flexibility index (Phi) is 5.26. The third-order valence-electron chi connectivity index (χ3n) is 5.34. The maximum absolute atomic E-state index is 12.2. The Balaban J connectivity index is 1.74. The molecule has 1 saturated carbocycles. The van der Waals surface area contributed by atoms with Crippen LogP contribution in [0.2, 0.25) is 0 Å². The summed E-state index contributed by atoms with van der Waals surface area (Å²) < 4.78 is 0. The first-order chi connectivity index (χ1) is 9.15. The summed E-state index contributed by atoms with van der Waals surface area (Å²) in [5, 5.41) is 0. The third kappa shape index (κ3) is 3.95. The van der Waals surface area contributed by atoms with E-state index < -0.39 is 0 Å². The fourth-order valence-electron chi connectivity index (χ4n) is 3.68. The molecule has 1 atom stereocenters. The van der Waals surface area contributed by atoms with Gasteiger partial charge >= 0.3 is 0 Å². The van der Waals surface area contributed by atoms with Crippen molar-refractivity contribution >= 4 is 5.91 Å². The molecule has 1 aliphatic heterocycles. The van der Waals surface area contributed by atoms with Gasteiger partial charge in [-0.2, -0.15) is 0 Å². The van der Waals surface area contributed by atoms with Crippen molar-refractivity contribution in [2.45, 2.75) is 64.7 Å². The summed E-state index contributed by atoms with van der Waals surface area (Å²) in [5.41, 5.74) is 6.20. The predicted octanol–water partition coefficient (Wildman–Crippen LogP) is 2.93. The molecular weight excluding hydrogens is 236 g/mol. The van der Waals surface area contributed by atoms with Crippen LogP contribution in [-0.2, 0) is 4.79 Å². The minimum absolute atomic E-state index is 0.353. The largest absolute Gasteiger partial charge is 0.343 e. The Labute approximate surface area is 117 Å². The van der Waals surface area contributed by atoms with Crippen LogP contribution in [0.15, 0.2) is 0 Å². The molecular formula is C16H30N2O. The number of likely N-dealkylation sites (tertiary alicyclic amines) is 1. The first kappa shape index (κ1) is 14.8. The number of nitrogens with two attached hydrogens (primary N) is 1. The number of amides is 1. The monoisotopic (exact) mass is 266 g/mol. The van der Waals surface area contributed by atoms with Crippen molar-refractivity contribution in [1.82, 2.24) is 4.90 Å². The van der Waals surface area contributed by atoms with Crippen LogP contribution in [0.5, 0.6) is 0 Å². The van der Waals surface area contributed by atoms with Crippen molar-refractivity contribution in [1.29, 1.82) is 0 Å². The zero-order chi connectivity index (χ0) is 13.7. The molecule has 1 heterocycles. The van der Waals surface area contributed by atoms with Gasteiger partial charge in [-0.1, -0.05) is 26.2 Å². The van der Waals surface area contributed by atoms with Crippen LogP contribution in [-0.4, -0.2) is 30.4 Å². The van der Waals surface area contributed by atoms with Gasteiger partial charge in [-0.15, -0.1) is 0 Å². The van der Waals surface area contributed by atoms with E-state index in [0.29, 0.717) is 30.2 Å². The van der Waals surface area contributed by atoms with E-state index in [9.17, 15) is 4.79 Å². The van der Waals surface area contributed by atoms with E-state index in [2.05, 4.69) is 11.8 Å². The maximum Gasteiger partial charge on any atom is 0.222 e. The molecule has 2 aliphatic rings. The lowest BCUT2D eigenvalue weighted by Crippen LogP contribution is -2.44. The summed E-state index contributed by atoms with van der Waals surface area (Å²) >= 11 is 0. The molecule has 1 amide bonds. The molecule has 0 radical (unpaired) electrons. The molecule has 0 bridgehead atoms. The highest BCUT2D eigenvalue weighted by Crippen LogP contribution is 2.44. The van der Waals surface area contributed by atoms with Gasteiger partial charge in [-0.3, -0.25) is 4.79 Å². The standard InChI is InChI=1S/C16H30N2O/c1-14(13-17)5-6-15(19)18-11-9-16(10-12-18)7-3-2-4-8-16/h14H,2-13,17H2,1H3. The van der Waals surface area contributed by atoms with Crippen LogP contribution in [0.1, 0.15) is 64.7 Å². The molecule has 3 heteroatoms. The predicted molar refractivity (Wildman–Crippen MR) is 78.8 cm³/mol. The molecule has 2 fully saturated rings. The number of hydrogen-bond donors (Lipinski definition) is 1. The van der Waals surface area contributed by atoms with Gasteiger partial charge in [-0.25, -0.2) is 0 Å². The number of carbonyl (C=O) groups excluding carboxylic acids is 1. The van der Waals surface area contributed by atoms with Gasteiger partial charge in [0.1, 0.15) is 0 Å². The summed E-state index contributed by atoms with van der Waals surface area (Å²) in [6, 6.07) is 0. The van der Waals surface area contributed by atoms with Crippen molar-refractivity contribution in [2.75, 3.05) is 19.6 Å². The van der Waals surface area contributed by atoms with Gasteiger partial charge in [0.15, 0.2) is 0 Å². The quantitative estimate of drug-likeness (QED) is 0.850. The van der Waals surface area contributed by atoms with Crippen LogP contribution in [0.25, 0.3) is 0 Å². The zero-order valence-corrected chi connectivity index (χ0v) is 12.5. The molecule has 1 saturated heterocycles. The molecule has 0 aromatic heterocycles. The van der Waals surface area contributed by atoms with Crippen LogP contribution in [0, 0.1) is 11.3 Å². The highest BCUT2D eigenvalue weighted by molar-refractivity contribution is 5.76. The molecule has 2 N–H and O–H groups in total. The molecule has 1 spiro atoms. The van der Waals surface area contributed by atoms with E-state index in [0.717, 1.165) is 19.5 Å². The number of hydrogen-bond acceptors (Lipinski definition) is 2. The first-order valence-corrected chi connectivity index (χ1v) is 8.13. The maximum atomic E-state index is 12.2. The minimum Gasteiger partial charge on any atom is -0.343 e. The second-order valence-electron chi connectivity index (χ2n) is 6.82. The highest BCUT2D eigenvalue weighted by Gasteiger charge is 2.36. The fraction of sp³-hybridized carbons (Fsp3) is 0.938. The normalized spacial score (nSPS) is 24.4. The fourth-order valence-corrected chi connectivity index (χ4v) is 3.68. The Morgan fingerprint density at radius 1 is 1.16 bits per heavy atom. The molecule has 1 aliphatic carbocycles. The van der Waals surface area contributed by atoms with E-state index in [1.165, 1.54) is 44.9 Å². The molecule has 110 valence electrons.